The highest BCUT2D eigenvalue weighted by atomic mass is 16.5. The number of benzene rings is 2. The number of hydrogen-bond acceptors (Lipinski definition) is 6. The summed E-state index contributed by atoms with van der Waals surface area (Å²) >= 11 is 0. The van der Waals surface area contributed by atoms with Crippen LogP contribution in [0, 0.1) is 5.92 Å². The average Bonchev–Trinajstić information content (AvgIpc) is 3.43. The zero-order valence-corrected chi connectivity index (χ0v) is 18.5. The zero-order valence-electron chi connectivity index (χ0n) is 18.5. The number of likely N-dealkylation sites (tertiary alicyclic amines) is 1. The summed E-state index contributed by atoms with van der Waals surface area (Å²) in [6.45, 7) is 3.93. The SMILES string of the molecule is CCC1CC(=O)NN=C1c1ccc2nc(-c3ccc(OC[C@@H]4CCCN4C)cc3)oc2c1. The molecular formula is C25H28N4O3. The molecule has 3 aromatic rings. The number of aromatic nitrogens is 1. The van der Waals surface area contributed by atoms with Crippen LogP contribution in [0.1, 0.15) is 38.2 Å². The van der Waals surface area contributed by atoms with Crippen molar-refractivity contribution < 1.29 is 13.9 Å². The highest BCUT2D eigenvalue weighted by Gasteiger charge is 2.25. The number of rotatable bonds is 6. The standard InChI is InChI=1S/C25H28N4O3/c1-3-16-14-23(30)27-28-24(16)18-8-11-21-22(13-18)32-25(26-21)17-6-9-20(10-7-17)31-15-19-5-4-12-29(19)2/h6-11,13,16,19H,3-5,12,14-15H2,1-2H3,(H,27,30)/t16?,19-/m0/s1. The average molecular weight is 433 g/mol. The molecule has 7 nitrogen and oxygen atoms in total. The molecule has 1 amide bonds. The molecule has 2 aromatic carbocycles. The summed E-state index contributed by atoms with van der Waals surface area (Å²) in [4.78, 5) is 18.7. The first-order valence-electron chi connectivity index (χ1n) is 11.3. The molecule has 7 heteroatoms. The fourth-order valence-corrected chi connectivity index (χ4v) is 4.50. The van der Waals surface area contributed by atoms with Crippen molar-refractivity contribution in [2.45, 2.75) is 38.6 Å². The molecule has 2 aliphatic heterocycles. The van der Waals surface area contributed by atoms with E-state index in [0.717, 1.165) is 41.1 Å². The van der Waals surface area contributed by atoms with Gasteiger partial charge in [-0.3, -0.25) is 4.79 Å². The lowest BCUT2D eigenvalue weighted by atomic mass is 9.90. The molecule has 32 heavy (non-hydrogen) atoms. The zero-order chi connectivity index (χ0) is 22.1. The first-order valence-corrected chi connectivity index (χ1v) is 11.3. The molecule has 1 fully saturated rings. The molecule has 1 saturated heterocycles. The predicted octanol–water partition coefficient (Wildman–Crippen LogP) is 4.22. The summed E-state index contributed by atoms with van der Waals surface area (Å²) in [5, 5.41) is 4.30. The van der Waals surface area contributed by atoms with E-state index in [1.165, 1.54) is 12.8 Å². The van der Waals surface area contributed by atoms with Crippen LogP contribution in [0.15, 0.2) is 52.0 Å². The lowest BCUT2D eigenvalue weighted by molar-refractivity contribution is -0.122. The highest BCUT2D eigenvalue weighted by Crippen LogP contribution is 2.28. The van der Waals surface area contributed by atoms with Crippen molar-refractivity contribution in [3.63, 3.8) is 0 Å². The summed E-state index contributed by atoms with van der Waals surface area (Å²) in [7, 11) is 2.15. The van der Waals surface area contributed by atoms with Gasteiger partial charge < -0.3 is 14.1 Å². The Morgan fingerprint density at radius 1 is 1.19 bits per heavy atom. The maximum absolute atomic E-state index is 11.7. The Bertz CT molecular complexity index is 1150. The van der Waals surface area contributed by atoms with Gasteiger partial charge in [0.2, 0.25) is 11.8 Å². The van der Waals surface area contributed by atoms with E-state index >= 15 is 0 Å². The van der Waals surface area contributed by atoms with E-state index in [-0.39, 0.29) is 11.8 Å². The number of nitrogens with zero attached hydrogens (tertiary/aromatic N) is 3. The van der Waals surface area contributed by atoms with Crippen LogP contribution < -0.4 is 10.2 Å². The molecule has 0 saturated carbocycles. The molecule has 0 radical (unpaired) electrons. The molecule has 0 aliphatic carbocycles. The van der Waals surface area contributed by atoms with E-state index in [9.17, 15) is 4.79 Å². The smallest absolute Gasteiger partial charge is 0.240 e. The van der Waals surface area contributed by atoms with E-state index in [4.69, 9.17) is 9.15 Å². The molecule has 1 unspecified atom stereocenters. The largest absolute Gasteiger partial charge is 0.492 e. The monoisotopic (exact) mass is 432 g/mol. The number of carbonyl (C=O) groups excluding carboxylic acids is 1. The van der Waals surface area contributed by atoms with Crippen molar-refractivity contribution in [1.82, 2.24) is 15.3 Å². The summed E-state index contributed by atoms with van der Waals surface area (Å²) in [6.07, 6.45) is 3.75. The number of amides is 1. The molecule has 1 N–H and O–H groups in total. The number of hydrazone groups is 1. The molecule has 166 valence electrons. The summed E-state index contributed by atoms with van der Waals surface area (Å²) < 4.78 is 12.1. The van der Waals surface area contributed by atoms with Gasteiger partial charge in [0.15, 0.2) is 5.58 Å². The first kappa shape index (κ1) is 20.7. The number of nitrogens with one attached hydrogen (secondary N) is 1. The summed E-state index contributed by atoms with van der Waals surface area (Å²) in [5.41, 5.74) is 6.84. The normalized spacial score (nSPS) is 21.6. The lowest BCUT2D eigenvalue weighted by Crippen LogP contribution is -2.33. The van der Waals surface area contributed by atoms with Gasteiger partial charge in [0, 0.05) is 29.5 Å². The predicted molar refractivity (Wildman–Crippen MR) is 124 cm³/mol. The Labute approximate surface area is 187 Å². The van der Waals surface area contributed by atoms with E-state index in [1.807, 2.05) is 42.5 Å². The van der Waals surface area contributed by atoms with Gasteiger partial charge in [-0.05, 0) is 69.3 Å². The molecule has 0 bridgehead atoms. The molecule has 2 atom stereocenters. The van der Waals surface area contributed by atoms with Crippen LogP contribution in [0.4, 0.5) is 0 Å². The number of likely N-dealkylation sites (N-methyl/N-ethyl adjacent to an activating group) is 1. The van der Waals surface area contributed by atoms with Gasteiger partial charge >= 0.3 is 0 Å². The molecule has 5 rings (SSSR count). The number of carbonyl (C=O) groups is 1. The minimum atomic E-state index is -0.0358. The van der Waals surface area contributed by atoms with Crippen molar-refractivity contribution in [2.75, 3.05) is 20.2 Å². The van der Waals surface area contributed by atoms with E-state index in [1.54, 1.807) is 0 Å². The minimum absolute atomic E-state index is 0.0358. The Kier molecular flexibility index (Phi) is 5.66. The molecule has 0 spiro atoms. The Morgan fingerprint density at radius 3 is 2.75 bits per heavy atom. The maximum Gasteiger partial charge on any atom is 0.240 e. The third-order valence-electron chi connectivity index (χ3n) is 6.51. The van der Waals surface area contributed by atoms with Gasteiger partial charge in [-0.2, -0.15) is 5.10 Å². The van der Waals surface area contributed by atoms with Crippen molar-refractivity contribution in [3.8, 4) is 17.2 Å². The molecule has 2 aliphatic rings. The van der Waals surface area contributed by atoms with Gasteiger partial charge in [-0.1, -0.05) is 13.0 Å². The van der Waals surface area contributed by atoms with Gasteiger partial charge in [0.25, 0.3) is 0 Å². The number of fused-ring (bicyclic) bond motifs is 1. The van der Waals surface area contributed by atoms with Crippen molar-refractivity contribution in [1.29, 1.82) is 0 Å². The molecule has 1 aromatic heterocycles. The van der Waals surface area contributed by atoms with Gasteiger partial charge in [-0.25, -0.2) is 10.4 Å². The Hall–Kier alpha value is -3.19. The Morgan fingerprint density at radius 2 is 2.00 bits per heavy atom. The van der Waals surface area contributed by atoms with Crippen LogP contribution in [0.3, 0.4) is 0 Å². The Balaban J connectivity index is 1.33. The van der Waals surface area contributed by atoms with Crippen LogP contribution in [-0.2, 0) is 4.79 Å². The molecule has 3 heterocycles. The van der Waals surface area contributed by atoms with Crippen LogP contribution in [-0.4, -0.2) is 47.7 Å². The second-order valence-corrected chi connectivity index (χ2v) is 8.65. The number of oxazole rings is 1. The van der Waals surface area contributed by atoms with Crippen molar-refractivity contribution in [2.24, 2.45) is 11.0 Å². The fourth-order valence-electron chi connectivity index (χ4n) is 4.50. The van der Waals surface area contributed by atoms with Crippen LogP contribution in [0.25, 0.3) is 22.6 Å². The van der Waals surface area contributed by atoms with E-state index < -0.39 is 0 Å². The second-order valence-electron chi connectivity index (χ2n) is 8.65. The fraction of sp³-hybridized carbons (Fsp3) is 0.400. The highest BCUT2D eigenvalue weighted by molar-refractivity contribution is 6.07. The van der Waals surface area contributed by atoms with Gasteiger partial charge in [0.1, 0.15) is 17.9 Å². The summed E-state index contributed by atoms with van der Waals surface area (Å²) in [5.74, 6) is 1.51. The van der Waals surface area contributed by atoms with E-state index in [2.05, 4.69) is 34.4 Å². The summed E-state index contributed by atoms with van der Waals surface area (Å²) in [6, 6.07) is 14.3. The van der Waals surface area contributed by atoms with Gasteiger partial charge in [-0.15, -0.1) is 0 Å². The number of hydrogen-bond donors (Lipinski definition) is 1. The van der Waals surface area contributed by atoms with Crippen LogP contribution >= 0.6 is 0 Å². The van der Waals surface area contributed by atoms with Crippen LogP contribution in [0.5, 0.6) is 5.75 Å². The molecular weight excluding hydrogens is 404 g/mol. The van der Waals surface area contributed by atoms with Crippen molar-refractivity contribution >= 4 is 22.7 Å². The van der Waals surface area contributed by atoms with E-state index in [0.29, 0.717) is 30.5 Å². The topological polar surface area (TPSA) is 80.0 Å². The maximum atomic E-state index is 11.7. The first-order chi connectivity index (χ1) is 15.6. The van der Waals surface area contributed by atoms with Crippen LogP contribution in [0.2, 0.25) is 0 Å². The number of ether oxygens (including phenoxy) is 1. The minimum Gasteiger partial charge on any atom is -0.492 e. The second kappa shape index (κ2) is 8.74. The lowest BCUT2D eigenvalue weighted by Gasteiger charge is -2.21. The third kappa shape index (κ3) is 4.12. The third-order valence-corrected chi connectivity index (χ3v) is 6.51. The van der Waals surface area contributed by atoms with Gasteiger partial charge in [0.05, 0.1) is 5.71 Å². The van der Waals surface area contributed by atoms with Crippen molar-refractivity contribution in [3.05, 3.63) is 48.0 Å². The quantitative estimate of drug-likeness (QED) is 0.631.